The molecule has 3 heteroatoms. The second kappa shape index (κ2) is 7.43. The molecule has 0 aromatic heterocycles. The van der Waals surface area contributed by atoms with E-state index in [1.54, 1.807) is 0 Å². The number of nitrogens with one attached hydrogen (secondary N) is 1. The molecule has 0 radical (unpaired) electrons. The van der Waals surface area contributed by atoms with Crippen molar-refractivity contribution >= 4 is 0 Å². The summed E-state index contributed by atoms with van der Waals surface area (Å²) in [6, 6.07) is 0.689. The van der Waals surface area contributed by atoms with Crippen LogP contribution in [0.5, 0.6) is 0 Å². The van der Waals surface area contributed by atoms with Gasteiger partial charge in [-0.2, -0.15) is 0 Å². The van der Waals surface area contributed by atoms with Gasteiger partial charge in [-0.25, -0.2) is 0 Å². The van der Waals surface area contributed by atoms with Gasteiger partial charge in [-0.1, -0.05) is 25.7 Å². The van der Waals surface area contributed by atoms with Crippen molar-refractivity contribution in [1.29, 1.82) is 0 Å². The molecule has 2 aliphatic heterocycles. The van der Waals surface area contributed by atoms with Crippen LogP contribution in [0.15, 0.2) is 0 Å². The van der Waals surface area contributed by atoms with Gasteiger partial charge in [-0.3, -0.25) is 0 Å². The highest BCUT2D eigenvalue weighted by molar-refractivity contribution is 4.92. The zero-order valence-corrected chi connectivity index (χ0v) is 13.7. The molecule has 2 saturated heterocycles. The first-order valence-electron chi connectivity index (χ1n) is 9.20. The van der Waals surface area contributed by atoms with Gasteiger partial charge in [0.05, 0.1) is 5.60 Å². The lowest BCUT2D eigenvalue weighted by atomic mass is 9.76. The number of rotatable bonds is 5. The second-order valence-corrected chi connectivity index (χ2v) is 7.52. The van der Waals surface area contributed by atoms with Crippen molar-refractivity contribution in [2.45, 2.75) is 75.9 Å². The summed E-state index contributed by atoms with van der Waals surface area (Å²) in [6.45, 7) is 2.73. The summed E-state index contributed by atoms with van der Waals surface area (Å²) >= 11 is 0. The van der Waals surface area contributed by atoms with Crippen LogP contribution >= 0.6 is 0 Å². The van der Waals surface area contributed by atoms with E-state index in [-0.39, 0.29) is 5.60 Å². The van der Waals surface area contributed by atoms with Crippen molar-refractivity contribution in [3.8, 4) is 0 Å². The van der Waals surface area contributed by atoms with Gasteiger partial charge in [-0.05, 0) is 57.4 Å². The van der Waals surface area contributed by atoms with E-state index in [0.29, 0.717) is 6.04 Å². The maximum Gasteiger partial charge on any atom is 0.0729 e. The Morgan fingerprint density at radius 2 is 1.86 bits per heavy atom. The fraction of sp³-hybridized carbons (Fsp3) is 1.00. The lowest BCUT2D eigenvalue weighted by Crippen LogP contribution is -2.48. The van der Waals surface area contributed by atoms with Gasteiger partial charge in [0.1, 0.15) is 0 Å². The maximum absolute atomic E-state index is 6.20. The highest BCUT2D eigenvalue weighted by atomic mass is 16.5. The lowest BCUT2D eigenvalue weighted by molar-refractivity contribution is -0.150. The van der Waals surface area contributed by atoms with Gasteiger partial charge in [-0.15, -0.1) is 0 Å². The molecule has 0 aromatic rings. The highest BCUT2D eigenvalue weighted by Gasteiger charge is 2.40. The summed E-state index contributed by atoms with van der Waals surface area (Å²) in [6.07, 6.45) is 13.4. The van der Waals surface area contributed by atoms with E-state index in [4.69, 9.17) is 9.47 Å². The summed E-state index contributed by atoms with van der Waals surface area (Å²) < 4.78 is 11.7. The molecule has 2 heterocycles. The van der Waals surface area contributed by atoms with Crippen molar-refractivity contribution in [2.75, 3.05) is 26.9 Å². The molecule has 1 saturated carbocycles. The van der Waals surface area contributed by atoms with Crippen LogP contribution in [0.2, 0.25) is 0 Å². The van der Waals surface area contributed by atoms with Crippen LogP contribution in [0.3, 0.4) is 0 Å². The van der Waals surface area contributed by atoms with Gasteiger partial charge in [0.25, 0.3) is 0 Å². The van der Waals surface area contributed by atoms with Crippen LogP contribution in [-0.2, 0) is 9.47 Å². The van der Waals surface area contributed by atoms with Crippen molar-refractivity contribution < 1.29 is 9.47 Å². The summed E-state index contributed by atoms with van der Waals surface area (Å²) in [5.74, 6) is 1.81. The van der Waals surface area contributed by atoms with Gasteiger partial charge < -0.3 is 14.8 Å². The molecule has 122 valence electrons. The van der Waals surface area contributed by atoms with Gasteiger partial charge in [0, 0.05) is 25.9 Å². The standard InChI is InChI=1S/C18H33NO2/c1-19-17(7-6-15-4-2-3-5-15)16-8-11-21-18(14-16)9-12-20-13-10-18/h15-17,19H,2-14H2,1H3. The maximum atomic E-state index is 6.20. The van der Waals surface area contributed by atoms with E-state index in [9.17, 15) is 0 Å². The SMILES string of the molecule is CNC(CCC1CCCC1)C1CCOC2(CCOCC2)C1. The Balaban J connectivity index is 1.52. The van der Waals surface area contributed by atoms with Crippen molar-refractivity contribution in [2.24, 2.45) is 11.8 Å². The molecular weight excluding hydrogens is 262 g/mol. The molecule has 1 aliphatic carbocycles. The van der Waals surface area contributed by atoms with Crippen LogP contribution in [0.1, 0.15) is 64.2 Å². The third kappa shape index (κ3) is 4.00. The Labute approximate surface area is 130 Å². The van der Waals surface area contributed by atoms with E-state index in [2.05, 4.69) is 12.4 Å². The minimum atomic E-state index is 0.142. The molecule has 0 bridgehead atoms. The minimum absolute atomic E-state index is 0.142. The Bertz CT molecular complexity index is 303. The molecule has 3 fully saturated rings. The Morgan fingerprint density at radius 1 is 1.10 bits per heavy atom. The quantitative estimate of drug-likeness (QED) is 0.842. The molecule has 0 aromatic carbocycles. The number of hydrogen-bond acceptors (Lipinski definition) is 3. The largest absolute Gasteiger partial charge is 0.381 e. The number of ether oxygens (including phenoxy) is 2. The molecular formula is C18H33NO2. The van der Waals surface area contributed by atoms with Crippen LogP contribution < -0.4 is 5.32 Å². The first-order valence-corrected chi connectivity index (χ1v) is 9.20. The van der Waals surface area contributed by atoms with Crippen LogP contribution in [0, 0.1) is 11.8 Å². The monoisotopic (exact) mass is 295 g/mol. The van der Waals surface area contributed by atoms with Crippen LogP contribution in [0.4, 0.5) is 0 Å². The molecule has 3 rings (SSSR count). The van der Waals surface area contributed by atoms with E-state index in [1.807, 2.05) is 0 Å². The van der Waals surface area contributed by atoms with E-state index in [0.717, 1.165) is 44.5 Å². The molecule has 1 N–H and O–H groups in total. The molecule has 1 spiro atoms. The van der Waals surface area contributed by atoms with Gasteiger partial charge in [0.15, 0.2) is 0 Å². The molecule has 2 atom stereocenters. The minimum Gasteiger partial charge on any atom is -0.381 e. The smallest absolute Gasteiger partial charge is 0.0729 e. The first-order chi connectivity index (χ1) is 10.3. The molecule has 0 amide bonds. The molecule has 21 heavy (non-hydrogen) atoms. The third-order valence-electron chi connectivity index (χ3n) is 6.24. The van der Waals surface area contributed by atoms with Gasteiger partial charge in [0.2, 0.25) is 0 Å². The average molecular weight is 295 g/mol. The van der Waals surface area contributed by atoms with Crippen LogP contribution in [-0.4, -0.2) is 38.5 Å². The van der Waals surface area contributed by atoms with E-state index < -0.39 is 0 Å². The Kier molecular flexibility index (Phi) is 5.58. The summed E-state index contributed by atoms with van der Waals surface area (Å²) in [5.41, 5.74) is 0.142. The zero-order chi connectivity index (χ0) is 14.5. The number of hydrogen-bond donors (Lipinski definition) is 1. The molecule has 3 nitrogen and oxygen atoms in total. The Hall–Kier alpha value is -0.120. The van der Waals surface area contributed by atoms with E-state index >= 15 is 0 Å². The second-order valence-electron chi connectivity index (χ2n) is 7.52. The Morgan fingerprint density at radius 3 is 2.57 bits per heavy atom. The van der Waals surface area contributed by atoms with Crippen LogP contribution in [0.25, 0.3) is 0 Å². The van der Waals surface area contributed by atoms with E-state index in [1.165, 1.54) is 51.4 Å². The predicted molar refractivity (Wildman–Crippen MR) is 85.5 cm³/mol. The van der Waals surface area contributed by atoms with Crippen molar-refractivity contribution in [3.05, 3.63) is 0 Å². The normalized spacial score (nSPS) is 31.6. The molecule has 2 unspecified atom stereocenters. The fourth-order valence-corrected chi connectivity index (χ4v) is 4.83. The average Bonchev–Trinajstić information content (AvgIpc) is 3.02. The van der Waals surface area contributed by atoms with Crippen molar-refractivity contribution in [1.82, 2.24) is 5.32 Å². The summed E-state index contributed by atoms with van der Waals surface area (Å²) in [7, 11) is 2.16. The topological polar surface area (TPSA) is 30.5 Å². The highest BCUT2D eigenvalue weighted by Crippen LogP contribution is 2.39. The summed E-state index contributed by atoms with van der Waals surface area (Å²) in [5, 5.41) is 3.63. The van der Waals surface area contributed by atoms with Gasteiger partial charge >= 0.3 is 0 Å². The predicted octanol–water partition coefficient (Wildman–Crippen LogP) is 3.52. The third-order valence-corrected chi connectivity index (χ3v) is 6.24. The first kappa shape index (κ1) is 15.8. The molecule has 3 aliphatic rings. The zero-order valence-electron chi connectivity index (χ0n) is 13.7. The summed E-state index contributed by atoms with van der Waals surface area (Å²) in [4.78, 5) is 0. The fourth-order valence-electron chi connectivity index (χ4n) is 4.83. The lowest BCUT2D eigenvalue weighted by Gasteiger charge is -2.45. The van der Waals surface area contributed by atoms with Crippen molar-refractivity contribution in [3.63, 3.8) is 0 Å².